The second kappa shape index (κ2) is 4.71. The largest absolute Gasteiger partial charge is 0.361 e. The molecule has 1 atom stereocenters. The van der Waals surface area contributed by atoms with Crippen LogP contribution in [0.4, 0.5) is 0 Å². The molecule has 1 unspecified atom stereocenters. The summed E-state index contributed by atoms with van der Waals surface area (Å²) in [7, 11) is 0. The van der Waals surface area contributed by atoms with Gasteiger partial charge in [0.1, 0.15) is 0 Å². The molecule has 0 saturated heterocycles. The molecule has 17 heavy (non-hydrogen) atoms. The van der Waals surface area contributed by atoms with Crippen LogP contribution in [-0.4, -0.2) is 16.9 Å². The van der Waals surface area contributed by atoms with E-state index in [0.717, 1.165) is 10.9 Å². The molecule has 2 aromatic rings. The van der Waals surface area contributed by atoms with E-state index in [4.69, 9.17) is 5.26 Å². The van der Waals surface area contributed by atoms with Crippen LogP contribution in [0.1, 0.15) is 23.7 Å². The number of carbonyl (C=O) groups is 1. The Labute approximate surface area is 99.3 Å². The third-order valence-electron chi connectivity index (χ3n) is 2.59. The van der Waals surface area contributed by atoms with E-state index < -0.39 is 0 Å². The second-order valence-electron chi connectivity index (χ2n) is 4.02. The highest BCUT2D eigenvalue weighted by Gasteiger charge is 2.09. The first kappa shape index (κ1) is 11.2. The molecule has 86 valence electrons. The van der Waals surface area contributed by atoms with Gasteiger partial charge in [0.25, 0.3) is 5.91 Å². The molecule has 2 rings (SSSR count). The predicted molar refractivity (Wildman–Crippen MR) is 65.5 cm³/mol. The highest BCUT2D eigenvalue weighted by Crippen LogP contribution is 2.14. The number of aromatic amines is 1. The van der Waals surface area contributed by atoms with Gasteiger partial charge in [0, 0.05) is 23.3 Å². The number of rotatable bonds is 3. The summed E-state index contributed by atoms with van der Waals surface area (Å²) < 4.78 is 0. The lowest BCUT2D eigenvalue weighted by atomic mass is 10.1. The lowest BCUT2D eigenvalue weighted by molar-refractivity contribution is 0.0941. The molecule has 4 heteroatoms. The van der Waals surface area contributed by atoms with Crippen molar-refractivity contribution in [3.63, 3.8) is 0 Å². The van der Waals surface area contributed by atoms with Gasteiger partial charge in [-0.15, -0.1) is 0 Å². The molecule has 0 bridgehead atoms. The Morgan fingerprint density at radius 3 is 3.12 bits per heavy atom. The van der Waals surface area contributed by atoms with Crippen LogP contribution in [0.2, 0.25) is 0 Å². The first-order valence-corrected chi connectivity index (χ1v) is 5.45. The van der Waals surface area contributed by atoms with Crippen LogP contribution < -0.4 is 5.32 Å². The molecule has 1 amide bonds. The number of hydrogen-bond donors (Lipinski definition) is 2. The van der Waals surface area contributed by atoms with E-state index in [1.165, 1.54) is 0 Å². The van der Waals surface area contributed by atoms with Crippen molar-refractivity contribution in [1.29, 1.82) is 5.26 Å². The normalized spacial score (nSPS) is 12.0. The third kappa shape index (κ3) is 2.45. The topological polar surface area (TPSA) is 68.7 Å². The Bertz CT molecular complexity index is 580. The van der Waals surface area contributed by atoms with Gasteiger partial charge in [0.2, 0.25) is 0 Å². The molecule has 0 aliphatic rings. The van der Waals surface area contributed by atoms with Crippen molar-refractivity contribution >= 4 is 16.8 Å². The van der Waals surface area contributed by atoms with Crippen molar-refractivity contribution in [3.8, 4) is 6.07 Å². The summed E-state index contributed by atoms with van der Waals surface area (Å²) in [5.41, 5.74) is 1.54. The van der Waals surface area contributed by atoms with E-state index in [1.54, 1.807) is 6.07 Å². The van der Waals surface area contributed by atoms with Gasteiger partial charge < -0.3 is 10.3 Å². The molecule has 0 radical (unpaired) electrons. The lowest BCUT2D eigenvalue weighted by Gasteiger charge is -2.10. The fraction of sp³-hybridized carbons (Fsp3) is 0.231. The molecular weight excluding hydrogens is 214 g/mol. The molecular formula is C13H13N3O. The number of nitriles is 1. The second-order valence-corrected chi connectivity index (χ2v) is 4.02. The fourth-order valence-electron chi connectivity index (χ4n) is 1.68. The molecule has 0 aliphatic heterocycles. The predicted octanol–water partition coefficient (Wildman–Crippen LogP) is 2.20. The quantitative estimate of drug-likeness (QED) is 0.844. The number of aromatic nitrogens is 1. The van der Waals surface area contributed by atoms with E-state index in [0.29, 0.717) is 12.0 Å². The summed E-state index contributed by atoms with van der Waals surface area (Å²) in [6.07, 6.45) is 2.15. The van der Waals surface area contributed by atoms with Gasteiger partial charge in [-0.1, -0.05) is 6.07 Å². The van der Waals surface area contributed by atoms with Crippen molar-refractivity contribution in [2.75, 3.05) is 0 Å². The number of nitrogens with zero attached hydrogens (tertiary/aromatic N) is 1. The minimum Gasteiger partial charge on any atom is -0.361 e. The summed E-state index contributed by atoms with van der Waals surface area (Å²) in [5.74, 6) is -0.149. The number of amides is 1. The Morgan fingerprint density at radius 2 is 2.35 bits per heavy atom. The summed E-state index contributed by atoms with van der Waals surface area (Å²) >= 11 is 0. The van der Waals surface area contributed by atoms with Crippen molar-refractivity contribution < 1.29 is 4.79 Å². The number of fused-ring (bicyclic) bond motifs is 1. The maximum atomic E-state index is 11.9. The number of nitrogens with one attached hydrogen (secondary N) is 2. The van der Waals surface area contributed by atoms with Crippen LogP contribution in [0, 0.1) is 11.3 Å². The maximum Gasteiger partial charge on any atom is 0.251 e. The number of hydrogen-bond acceptors (Lipinski definition) is 2. The van der Waals surface area contributed by atoms with E-state index in [9.17, 15) is 4.79 Å². The van der Waals surface area contributed by atoms with Crippen LogP contribution in [0.15, 0.2) is 30.5 Å². The molecule has 1 heterocycles. The van der Waals surface area contributed by atoms with E-state index in [2.05, 4.69) is 10.3 Å². The molecule has 2 N–H and O–H groups in total. The first-order valence-electron chi connectivity index (χ1n) is 5.45. The van der Waals surface area contributed by atoms with Crippen LogP contribution in [0.3, 0.4) is 0 Å². The van der Waals surface area contributed by atoms with E-state index >= 15 is 0 Å². The van der Waals surface area contributed by atoms with Crippen molar-refractivity contribution in [2.45, 2.75) is 19.4 Å². The highest BCUT2D eigenvalue weighted by molar-refractivity contribution is 5.98. The summed E-state index contributed by atoms with van der Waals surface area (Å²) in [6, 6.07) is 9.34. The van der Waals surface area contributed by atoms with Crippen LogP contribution >= 0.6 is 0 Å². The van der Waals surface area contributed by atoms with Gasteiger partial charge in [-0.05, 0) is 30.5 Å². The minimum atomic E-state index is -0.149. The smallest absolute Gasteiger partial charge is 0.251 e. The van der Waals surface area contributed by atoms with Gasteiger partial charge >= 0.3 is 0 Å². The van der Waals surface area contributed by atoms with E-state index in [1.807, 2.05) is 37.4 Å². The zero-order chi connectivity index (χ0) is 12.3. The van der Waals surface area contributed by atoms with E-state index in [-0.39, 0.29) is 11.9 Å². The molecule has 0 spiro atoms. The van der Waals surface area contributed by atoms with Gasteiger partial charge in [-0.2, -0.15) is 5.26 Å². The Kier molecular flexibility index (Phi) is 3.10. The van der Waals surface area contributed by atoms with Gasteiger partial charge in [-0.3, -0.25) is 4.79 Å². The third-order valence-corrected chi connectivity index (χ3v) is 2.59. The average Bonchev–Trinajstić information content (AvgIpc) is 2.75. The van der Waals surface area contributed by atoms with Crippen LogP contribution in [0.5, 0.6) is 0 Å². The maximum absolute atomic E-state index is 11.9. The van der Waals surface area contributed by atoms with Gasteiger partial charge in [0.05, 0.1) is 12.5 Å². The monoisotopic (exact) mass is 227 g/mol. The molecule has 0 aliphatic carbocycles. The van der Waals surface area contributed by atoms with Crippen molar-refractivity contribution in [3.05, 3.63) is 36.0 Å². The number of H-pyrrole nitrogens is 1. The van der Waals surface area contributed by atoms with Crippen molar-refractivity contribution in [2.24, 2.45) is 0 Å². The zero-order valence-electron chi connectivity index (χ0n) is 9.53. The van der Waals surface area contributed by atoms with Crippen molar-refractivity contribution in [1.82, 2.24) is 10.3 Å². The summed E-state index contributed by atoms with van der Waals surface area (Å²) in [6.45, 7) is 1.81. The first-order chi connectivity index (χ1) is 8.20. The van der Waals surface area contributed by atoms with Crippen LogP contribution in [-0.2, 0) is 0 Å². The zero-order valence-corrected chi connectivity index (χ0v) is 9.53. The number of carbonyl (C=O) groups excluding carboxylic acids is 1. The van der Waals surface area contributed by atoms with Crippen LogP contribution in [0.25, 0.3) is 10.9 Å². The Morgan fingerprint density at radius 1 is 1.53 bits per heavy atom. The minimum absolute atomic E-state index is 0.133. The lowest BCUT2D eigenvalue weighted by Crippen LogP contribution is -2.32. The average molecular weight is 227 g/mol. The summed E-state index contributed by atoms with van der Waals surface area (Å²) in [5, 5.41) is 12.4. The highest BCUT2D eigenvalue weighted by atomic mass is 16.1. The summed E-state index contributed by atoms with van der Waals surface area (Å²) in [4.78, 5) is 14.9. The standard InChI is InChI=1S/C13H13N3O/c1-9(4-6-14)16-13(17)11-3-2-10-5-7-15-12(10)8-11/h2-3,5,7-9,15H,4H2,1H3,(H,16,17). The number of benzene rings is 1. The van der Waals surface area contributed by atoms with Gasteiger partial charge in [-0.25, -0.2) is 0 Å². The Balaban J connectivity index is 2.16. The fourth-order valence-corrected chi connectivity index (χ4v) is 1.68. The molecule has 0 fully saturated rings. The Hall–Kier alpha value is -2.28. The molecule has 1 aromatic heterocycles. The molecule has 1 aromatic carbocycles. The molecule has 4 nitrogen and oxygen atoms in total. The molecule has 0 saturated carbocycles. The SMILES string of the molecule is CC(CC#N)NC(=O)c1ccc2cc[nH]c2c1. The van der Waals surface area contributed by atoms with Gasteiger partial charge in [0.15, 0.2) is 0 Å².